The molecule has 4 rings (SSSR count). The van der Waals surface area contributed by atoms with Crippen LogP contribution in [0.4, 0.5) is 5.95 Å². The fourth-order valence-corrected chi connectivity index (χ4v) is 3.86. The van der Waals surface area contributed by atoms with Crippen LogP contribution in [0, 0.1) is 13.8 Å². The number of amides is 1. The summed E-state index contributed by atoms with van der Waals surface area (Å²) < 4.78 is 8.02. The van der Waals surface area contributed by atoms with Gasteiger partial charge in [0.25, 0.3) is 0 Å². The number of aromatic nitrogens is 4. The Labute approximate surface area is 219 Å². The average Bonchev–Trinajstić information content (AvgIpc) is 2.90. The number of nitrogens with zero attached hydrogens (tertiary/aromatic N) is 4. The van der Waals surface area contributed by atoms with Crippen molar-refractivity contribution in [2.75, 3.05) is 18.5 Å². The number of ether oxygens (including phenoxy) is 1. The van der Waals surface area contributed by atoms with Crippen LogP contribution in [-0.2, 0) is 17.9 Å². The average molecular weight is 519 g/mol. The van der Waals surface area contributed by atoms with Crippen LogP contribution >= 0.6 is 0 Å². The van der Waals surface area contributed by atoms with Crippen molar-refractivity contribution in [3.63, 3.8) is 0 Å². The summed E-state index contributed by atoms with van der Waals surface area (Å²) in [7, 11) is 0. The molecule has 11 nitrogen and oxygen atoms in total. The van der Waals surface area contributed by atoms with Crippen molar-refractivity contribution in [3.8, 4) is 5.75 Å². The van der Waals surface area contributed by atoms with E-state index in [1.165, 1.54) is 4.57 Å². The van der Waals surface area contributed by atoms with Gasteiger partial charge in [0.15, 0.2) is 0 Å². The summed E-state index contributed by atoms with van der Waals surface area (Å²) >= 11 is 0. The lowest BCUT2D eigenvalue weighted by molar-refractivity contribution is -0.121. The van der Waals surface area contributed by atoms with Crippen LogP contribution in [0.3, 0.4) is 0 Å². The number of aliphatic hydroxyl groups excluding tert-OH is 1. The maximum Gasteiger partial charge on any atom is 0.355 e. The van der Waals surface area contributed by atoms with Crippen molar-refractivity contribution in [2.45, 2.75) is 39.4 Å². The zero-order valence-electron chi connectivity index (χ0n) is 21.3. The van der Waals surface area contributed by atoms with Gasteiger partial charge in [-0.3, -0.25) is 14.3 Å². The van der Waals surface area contributed by atoms with Gasteiger partial charge in [-0.05, 0) is 44.1 Å². The van der Waals surface area contributed by atoms with Crippen LogP contribution in [0.1, 0.15) is 23.2 Å². The van der Waals surface area contributed by atoms with E-state index in [2.05, 4.69) is 20.6 Å². The van der Waals surface area contributed by atoms with Gasteiger partial charge in [-0.25, -0.2) is 14.2 Å². The third-order valence-electron chi connectivity index (χ3n) is 5.83. The van der Waals surface area contributed by atoms with Crippen LogP contribution in [-0.4, -0.2) is 49.3 Å². The predicted molar refractivity (Wildman–Crippen MR) is 142 cm³/mol. The van der Waals surface area contributed by atoms with E-state index < -0.39 is 23.8 Å². The van der Waals surface area contributed by atoms with Crippen LogP contribution in [0.15, 0.2) is 76.2 Å². The summed E-state index contributed by atoms with van der Waals surface area (Å²) in [5, 5.41) is 14.5. The van der Waals surface area contributed by atoms with Gasteiger partial charge in [-0.1, -0.05) is 35.9 Å². The summed E-state index contributed by atoms with van der Waals surface area (Å²) in [5.41, 5.74) is 1.24. The highest BCUT2D eigenvalue weighted by atomic mass is 16.5. The van der Waals surface area contributed by atoms with E-state index in [-0.39, 0.29) is 31.7 Å². The van der Waals surface area contributed by atoms with E-state index in [1.807, 2.05) is 62.4 Å². The Morgan fingerprint density at radius 1 is 1.16 bits per heavy atom. The van der Waals surface area contributed by atoms with Crippen LogP contribution in [0.2, 0.25) is 0 Å². The Hall–Kier alpha value is -4.51. The molecule has 1 aliphatic rings. The normalized spacial score (nSPS) is 14.6. The molecule has 0 spiro atoms. The predicted octanol–water partition coefficient (Wildman–Crippen LogP) is 1.28. The lowest BCUT2D eigenvalue weighted by Crippen LogP contribution is -2.46. The molecule has 1 atom stereocenters. The van der Waals surface area contributed by atoms with Crippen LogP contribution in [0.25, 0.3) is 0 Å². The van der Waals surface area contributed by atoms with Crippen molar-refractivity contribution < 1.29 is 14.6 Å². The maximum absolute atomic E-state index is 13.4. The Kier molecular flexibility index (Phi) is 8.49. The van der Waals surface area contributed by atoms with Gasteiger partial charge in [0, 0.05) is 24.5 Å². The van der Waals surface area contributed by atoms with Gasteiger partial charge in [0.2, 0.25) is 11.9 Å². The zero-order chi connectivity index (χ0) is 27.1. The van der Waals surface area contributed by atoms with E-state index in [9.17, 15) is 14.4 Å². The van der Waals surface area contributed by atoms with Gasteiger partial charge in [-0.2, -0.15) is 4.98 Å². The highest BCUT2D eigenvalue weighted by Crippen LogP contribution is 2.19. The summed E-state index contributed by atoms with van der Waals surface area (Å²) in [5.74, 6) is 0.882. The van der Waals surface area contributed by atoms with Crippen molar-refractivity contribution in [1.29, 1.82) is 0 Å². The largest absolute Gasteiger partial charge is 0.458 e. The molecular weight excluding hydrogens is 488 g/mol. The molecule has 2 aromatic heterocycles. The summed E-state index contributed by atoms with van der Waals surface area (Å²) in [6, 6.07) is 11.0. The molecule has 0 fully saturated rings. The molecule has 11 heteroatoms. The molecule has 1 aromatic carbocycles. The van der Waals surface area contributed by atoms with Crippen molar-refractivity contribution in [2.24, 2.45) is 0 Å². The monoisotopic (exact) mass is 518 g/mol. The van der Waals surface area contributed by atoms with Crippen molar-refractivity contribution in [1.82, 2.24) is 24.4 Å². The lowest BCUT2D eigenvalue weighted by atomic mass is 10.1. The first kappa shape index (κ1) is 26.6. The lowest BCUT2D eigenvalue weighted by Gasteiger charge is -2.21. The molecule has 0 radical (unpaired) electrons. The molecule has 38 heavy (non-hydrogen) atoms. The molecule has 1 unspecified atom stereocenters. The van der Waals surface area contributed by atoms with E-state index in [0.717, 1.165) is 21.4 Å². The SMILES string of the molecule is Cc1ccc(Cn2c(NC3C=CC(Oc4ccnc(C)c4)=CC3)nc(=O)n(CC(=O)NCCO)c2=O)cc1. The van der Waals surface area contributed by atoms with Gasteiger partial charge >= 0.3 is 11.4 Å². The Bertz CT molecular complexity index is 1470. The molecule has 3 aromatic rings. The number of aliphatic hydroxyl groups is 1. The molecule has 0 bridgehead atoms. The number of allylic oxidation sites excluding steroid dienone is 1. The number of hydrogen-bond acceptors (Lipinski definition) is 8. The smallest absolute Gasteiger partial charge is 0.355 e. The highest BCUT2D eigenvalue weighted by molar-refractivity contribution is 5.75. The fraction of sp³-hybridized carbons (Fsp3) is 0.296. The quantitative estimate of drug-likeness (QED) is 0.365. The number of carbonyl (C=O) groups is 1. The number of anilines is 1. The van der Waals surface area contributed by atoms with Crippen molar-refractivity contribution >= 4 is 11.9 Å². The first-order chi connectivity index (χ1) is 18.3. The van der Waals surface area contributed by atoms with Gasteiger partial charge < -0.3 is 20.5 Å². The second-order valence-corrected chi connectivity index (χ2v) is 8.92. The van der Waals surface area contributed by atoms with Crippen LogP contribution < -0.4 is 26.7 Å². The Balaban J connectivity index is 1.57. The third kappa shape index (κ3) is 6.83. The molecule has 2 heterocycles. The van der Waals surface area contributed by atoms with Gasteiger partial charge in [-0.15, -0.1) is 0 Å². The Morgan fingerprint density at radius 2 is 1.95 bits per heavy atom. The minimum atomic E-state index is -0.843. The van der Waals surface area contributed by atoms with E-state index in [1.54, 1.807) is 12.3 Å². The Morgan fingerprint density at radius 3 is 2.63 bits per heavy atom. The molecule has 198 valence electrons. The van der Waals surface area contributed by atoms with E-state index in [4.69, 9.17) is 9.84 Å². The molecule has 0 saturated carbocycles. The number of nitrogens with one attached hydrogen (secondary N) is 2. The maximum atomic E-state index is 13.4. The van der Waals surface area contributed by atoms with Gasteiger partial charge in [0.1, 0.15) is 18.1 Å². The van der Waals surface area contributed by atoms with E-state index >= 15 is 0 Å². The van der Waals surface area contributed by atoms with Crippen LogP contribution in [0.5, 0.6) is 5.75 Å². The molecular formula is C27H30N6O5. The molecule has 3 N–H and O–H groups in total. The second-order valence-electron chi connectivity index (χ2n) is 8.92. The minimum Gasteiger partial charge on any atom is -0.458 e. The van der Waals surface area contributed by atoms with Crippen molar-refractivity contribution in [3.05, 3.63) is 104 Å². The number of benzene rings is 1. The first-order valence-electron chi connectivity index (χ1n) is 12.2. The zero-order valence-corrected chi connectivity index (χ0v) is 21.3. The van der Waals surface area contributed by atoms with Gasteiger partial charge in [0.05, 0.1) is 19.2 Å². The summed E-state index contributed by atoms with van der Waals surface area (Å²) in [6.45, 7) is 3.27. The molecule has 0 aliphatic heterocycles. The number of rotatable bonds is 10. The summed E-state index contributed by atoms with van der Waals surface area (Å²) in [6.07, 6.45) is 7.80. The standard InChI is InChI=1S/C27H30N6O5/c1-18-3-5-20(6-4-18)16-32-25(31-26(36)33(27(32)37)17-24(35)29-13-14-34)30-21-7-9-22(10-8-21)38-23-11-12-28-19(2)15-23/h3-7,9-12,15,21,34H,8,13-14,16-17H2,1-2H3,(H,29,35)(H,30,31,36). The number of carbonyl (C=O) groups excluding carboxylic acids is 1. The number of hydrogen-bond donors (Lipinski definition) is 3. The number of aryl methyl sites for hydroxylation is 2. The third-order valence-corrected chi connectivity index (χ3v) is 5.83. The fourth-order valence-electron chi connectivity index (χ4n) is 3.86. The second kappa shape index (κ2) is 12.2. The topological polar surface area (TPSA) is 140 Å². The highest BCUT2D eigenvalue weighted by Gasteiger charge is 2.19. The molecule has 1 aliphatic carbocycles. The molecule has 1 amide bonds. The minimum absolute atomic E-state index is 0.0201. The van der Waals surface area contributed by atoms with E-state index in [0.29, 0.717) is 17.9 Å². The summed E-state index contributed by atoms with van der Waals surface area (Å²) in [4.78, 5) is 46.6. The first-order valence-corrected chi connectivity index (χ1v) is 12.2. The molecule has 0 saturated heterocycles. The number of pyridine rings is 1.